The summed E-state index contributed by atoms with van der Waals surface area (Å²) in [4.78, 5) is 26.0. The van der Waals surface area contributed by atoms with Crippen LogP contribution in [0.5, 0.6) is 0 Å². The standard InChI is InChI=1S/C40H61NO17S/c42-39-37-8-4-5-9-38(37)40(43)41(39)10-11-46-12-13-47-14-15-48-16-17-49-18-19-50-20-21-51-22-23-52-24-25-53-26-27-54-28-29-55-30-31-56-32-33-57-34-35-58-59(44,45)36-6-2-1-3-7-36/h1-9H,10-35H2. The molecule has 19 heteroatoms. The van der Waals surface area contributed by atoms with E-state index in [1.807, 2.05) is 0 Å². The largest absolute Gasteiger partial charge is 0.377 e. The van der Waals surface area contributed by atoms with Gasteiger partial charge in [-0.2, -0.15) is 8.42 Å². The minimum atomic E-state index is -3.77. The quantitative estimate of drug-likeness (QED) is 0.0535. The Hall–Kier alpha value is -2.99. The molecule has 1 aliphatic rings. The molecule has 2 aromatic carbocycles. The summed E-state index contributed by atoms with van der Waals surface area (Å²) < 4.78 is 94.4. The third-order valence-electron chi connectivity index (χ3n) is 7.93. The van der Waals surface area contributed by atoms with Crippen LogP contribution in [0.25, 0.3) is 0 Å². The SMILES string of the molecule is O=C1c2ccccc2C(=O)N1CCOCCOCCOCCOCCOCCOCCOCCOCCOCCOCCOCCOCCOS(=O)(=O)c1ccccc1. The number of hydrogen-bond acceptors (Lipinski definition) is 17. The lowest BCUT2D eigenvalue weighted by molar-refractivity contribution is -0.0285. The lowest BCUT2D eigenvalue weighted by Gasteiger charge is -2.13. The van der Waals surface area contributed by atoms with Crippen LogP contribution in [-0.2, 0) is 71.1 Å². The zero-order chi connectivity index (χ0) is 41.9. The van der Waals surface area contributed by atoms with Crippen molar-refractivity contribution in [2.45, 2.75) is 4.90 Å². The molecular weight excluding hydrogens is 798 g/mol. The van der Waals surface area contributed by atoms with Crippen molar-refractivity contribution < 1.29 is 79.0 Å². The molecule has 0 unspecified atom stereocenters. The molecule has 18 nitrogen and oxygen atoms in total. The van der Waals surface area contributed by atoms with Crippen LogP contribution in [0.2, 0.25) is 0 Å². The van der Waals surface area contributed by atoms with E-state index in [4.69, 9.17) is 61.0 Å². The number of amides is 2. The van der Waals surface area contributed by atoms with E-state index in [2.05, 4.69) is 0 Å². The Morgan fingerprint density at radius 2 is 0.593 bits per heavy atom. The minimum Gasteiger partial charge on any atom is -0.377 e. The smallest absolute Gasteiger partial charge is 0.297 e. The van der Waals surface area contributed by atoms with Crippen molar-refractivity contribution in [1.82, 2.24) is 4.90 Å². The first-order valence-electron chi connectivity index (χ1n) is 19.8. The maximum atomic E-state index is 12.3. The van der Waals surface area contributed by atoms with Crippen LogP contribution in [0.1, 0.15) is 20.7 Å². The van der Waals surface area contributed by atoms with Gasteiger partial charge >= 0.3 is 0 Å². The summed E-state index contributed by atoms with van der Waals surface area (Å²) in [5.74, 6) is -0.570. The van der Waals surface area contributed by atoms with Gasteiger partial charge in [-0.1, -0.05) is 30.3 Å². The Bertz CT molecular complexity index is 1430. The molecule has 1 aliphatic heterocycles. The normalized spacial score (nSPS) is 12.8. The molecule has 59 heavy (non-hydrogen) atoms. The molecule has 2 amide bonds. The van der Waals surface area contributed by atoms with Crippen molar-refractivity contribution in [3.8, 4) is 0 Å². The van der Waals surface area contributed by atoms with Gasteiger partial charge in [0.15, 0.2) is 0 Å². The Labute approximate surface area is 347 Å². The van der Waals surface area contributed by atoms with E-state index in [9.17, 15) is 18.0 Å². The summed E-state index contributed by atoms with van der Waals surface area (Å²) in [6.07, 6.45) is 0. The average molecular weight is 860 g/mol. The molecule has 0 N–H and O–H groups in total. The highest BCUT2D eigenvalue weighted by atomic mass is 32.2. The van der Waals surface area contributed by atoms with Gasteiger partial charge in [0.05, 0.1) is 188 Å². The second kappa shape index (κ2) is 33.7. The molecule has 0 aliphatic carbocycles. The monoisotopic (exact) mass is 859 g/mol. The number of carbonyl (C=O) groups is 2. The third-order valence-corrected chi connectivity index (χ3v) is 9.25. The maximum absolute atomic E-state index is 12.3. The summed E-state index contributed by atoms with van der Waals surface area (Å²) in [6.45, 7) is 10.1. The molecule has 2 aromatic rings. The van der Waals surface area contributed by atoms with Crippen molar-refractivity contribution in [3.63, 3.8) is 0 Å². The van der Waals surface area contributed by atoms with Crippen LogP contribution >= 0.6 is 0 Å². The van der Waals surface area contributed by atoms with Gasteiger partial charge < -0.3 is 56.8 Å². The number of hydrogen-bond donors (Lipinski definition) is 0. The average Bonchev–Trinajstić information content (AvgIpc) is 3.49. The zero-order valence-corrected chi connectivity index (χ0v) is 34.7. The van der Waals surface area contributed by atoms with Gasteiger partial charge in [-0.15, -0.1) is 0 Å². The van der Waals surface area contributed by atoms with Gasteiger partial charge in [0.25, 0.3) is 21.9 Å². The summed E-state index contributed by atoms with van der Waals surface area (Å²) >= 11 is 0. The number of rotatable bonds is 41. The first kappa shape index (κ1) is 50.4. The van der Waals surface area contributed by atoms with Crippen molar-refractivity contribution in [2.24, 2.45) is 0 Å². The highest BCUT2D eigenvalue weighted by Crippen LogP contribution is 2.21. The molecule has 0 bridgehead atoms. The van der Waals surface area contributed by atoms with Crippen LogP contribution in [0.4, 0.5) is 0 Å². The number of ether oxygens (including phenoxy) is 12. The number of imide groups is 1. The number of carbonyl (C=O) groups excluding carboxylic acids is 2. The van der Waals surface area contributed by atoms with Gasteiger partial charge in [0.1, 0.15) is 0 Å². The van der Waals surface area contributed by atoms with Gasteiger partial charge in [0.2, 0.25) is 0 Å². The lowest BCUT2D eigenvalue weighted by Crippen LogP contribution is -2.33. The van der Waals surface area contributed by atoms with E-state index in [1.165, 1.54) is 17.0 Å². The topological polar surface area (TPSA) is 192 Å². The second-order valence-corrected chi connectivity index (χ2v) is 13.9. The first-order chi connectivity index (χ1) is 29.0. The highest BCUT2D eigenvalue weighted by molar-refractivity contribution is 7.86. The molecule has 334 valence electrons. The van der Waals surface area contributed by atoms with E-state index in [0.717, 1.165) is 0 Å². The van der Waals surface area contributed by atoms with E-state index in [0.29, 0.717) is 156 Å². The van der Waals surface area contributed by atoms with Crippen LogP contribution in [0, 0.1) is 0 Å². The first-order valence-corrected chi connectivity index (χ1v) is 21.2. The fourth-order valence-corrected chi connectivity index (χ4v) is 5.89. The minimum absolute atomic E-state index is 0.0672. The Morgan fingerprint density at radius 1 is 0.339 bits per heavy atom. The van der Waals surface area contributed by atoms with Crippen molar-refractivity contribution >= 4 is 21.9 Å². The second-order valence-electron chi connectivity index (χ2n) is 12.2. The van der Waals surface area contributed by atoms with Crippen LogP contribution in [-0.4, -0.2) is 197 Å². The summed E-state index contributed by atoms with van der Waals surface area (Å²) in [6, 6.07) is 14.8. The molecule has 0 fully saturated rings. The Kier molecular flexibility index (Phi) is 28.8. The van der Waals surface area contributed by atoms with Crippen LogP contribution < -0.4 is 0 Å². The van der Waals surface area contributed by atoms with Crippen LogP contribution in [0.3, 0.4) is 0 Å². The van der Waals surface area contributed by atoms with E-state index >= 15 is 0 Å². The Morgan fingerprint density at radius 3 is 0.898 bits per heavy atom. The van der Waals surface area contributed by atoms with E-state index < -0.39 is 10.1 Å². The van der Waals surface area contributed by atoms with E-state index in [-0.39, 0.29) is 43.1 Å². The number of benzene rings is 2. The van der Waals surface area contributed by atoms with Crippen molar-refractivity contribution in [1.29, 1.82) is 0 Å². The predicted molar refractivity (Wildman–Crippen MR) is 211 cm³/mol. The van der Waals surface area contributed by atoms with Crippen molar-refractivity contribution in [2.75, 3.05) is 172 Å². The molecule has 0 spiro atoms. The fourth-order valence-electron chi connectivity index (χ4n) is 4.98. The molecule has 3 rings (SSSR count). The van der Waals surface area contributed by atoms with E-state index in [1.54, 1.807) is 42.5 Å². The number of fused-ring (bicyclic) bond motifs is 1. The van der Waals surface area contributed by atoms with Gasteiger partial charge in [-0.05, 0) is 24.3 Å². The zero-order valence-electron chi connectivity index (χ0n) is 33.9. The van der Waals surface area contributed by atoms with Gasteiger partial charge in [-0.25, -0.2) is 0 Å². The maximum Gasteiger partial charge on any atom is 0.297 e. The van der Waals surface area contributed by atoms with Crippen molar-refractivity contribution in [3.05, 3.63) is 65.7 Å². The summed E-state index contributed by atoms with van der Waals surface area (Å²) in [5.41, 5.74) is 0.870. The third kappa shape index (κ3) is 23.6. The van der Waals surface area contributed by atoms with Gasteiger partial charge in [0, 0.05) is 0 Å². The summed E-state index contributed by atoms with van der Waals surface area (Å²) in [7, 11) is -3.77. The van der Waals surface area contributed by atoms with Gasteiger partial charge in [-0.3, -0.25) is 18.7 Å². The lowest BCUT2D eigenvalue weighted by atomic mass is 10.1. The highest BCUT2D eigenvalue weighted by Gasteiger charge is 2.34. The molecule has 0 aromatic heterocycles. The fraction of sp³-hybridized carbons (Fsp3) is 0.650. The molecule has 0 saturated carbocycles. The molecule has 0 radical (unpaired) electrons. The molecule has 0 saturated heterocycles. The van der Waals surface area contributed by atoms with Crippen LogP contribution in [0.15, 0.2) is 59.5 Å². The molecular formula is C40H61NO17S. The predicted octanol–water partition coefficient (Wildman–Crippen LogP) is 1.89. The summed E-state index contributed by atoms with van der Waals surface area (Å²) in [5, 5.41) is 0. The Balaban J connectivity index is 0.903. The molecule has 0 atom stereocenters. The molecule has 1 heterocycles. The number of nitrogens with zero attached hydrogens (tertiary/aromatic N) is 1.